The van der Waals surface area contributed by atoms with Crippen molar-refractivity contribution in [1.29, 1.82) is 0 Å². The second-order valence-corrected chi connectivity index (χ2v) is 3.81. The molecule has 0 atom stereocenters. The Bertz CT molecular complexity index is 261. The van der Waals surface area contributed by atoms with E-state index in [1.165, 1.54) is 6.07 Å². The fourth-order valence-electron chi connectivity index (χ4n) is 0.802. The minimum absolute atomic E-state index is 0.164. The summed E-state index contributed by atoms with van der Waals surface area (Å²) < 4.78 is 36.2. The molecule has 0 saturated heterocycles. The molecule has 0 bridgehead atoms. The molecule has 4 heteroatoms. The third-order valence-corrected chi connectivity index (χ3v) is 2.56. The van der Waals surface area contributed by atoms with Gasteiger partial charge in [-0.1, -0.05) is 27.7 Å². The molecule has 1 aromatic rings. The van der Waals surface area contributed by atoms with Crippen LogP contribution in [-0.2, 0) is 6.18 Å². The summed E-state index contributed by atoms with van der Waals surface area (Å²) in [6, 6.07) is 1.22. The van der Waals surface area contributed by atoms with Gasteiger partial charge in [-0.25, -0.2) is 0 Å². The third kappa shape index (κ3) is 3.70. The Kier molecular flexibility index (Phi) is 5.19. The molecule has 14 heavy (non-hydrogen) atoms. The van der Waals surface area contributed by atoms with Gasteiger partial charge in [0.15, 0.2) is 0 Å². The van der Waals surface area contributed by atoms with Crippen molar-refractivity contribution < 1.29 is 13.2 Å². The van der Waals surface area contributed by atoms with E-state index in [1.807, 2.05) is 27.7 Å². The lowest BCUT2D eigenvalue weighted by Gasteiger charge is -2.01. The molecule has 0 spiro atoms. The Morgan fingerprint density at radius 3 is 1.93 bits per heavy atom. The first-order valence-electron chi connectivity index (χ1n) is 4.57. The van der Waals surface area contributed by atoms with E-state index >= 15 is 0 Å². The molecular weight excluding hydrogens is 209 g/mol. The zero-order valence-corrected chi connectivity index (χ0v) is 9.59. The normalized spacial score (nSPS) is 11.1. The van der Waals surface area contributed by atoms with E-state index in [9.17, 15) is 13.2 Å². The minimum Gasteiger partial charge on any atom is -0.165 e. The second-order valence-electron chi connectivity index (χ2n) is 2.90. The van der Waals surface area contributed by atoms with E-state index in [4.69, 9.17) is 0 Å². The van der Waals surface area contributed by atoms with Crippen molar-refractivity contribution in [2.75, 3.05) is 0 Å². The van der Waals surface area contributed by atoms with Gasteiger partial charge in [-0.15, -0.1) is 11.3 Å². The molecule has 1 rings (SSSR count). The Hall–Kier alpha value is -0.510. The van der Waals surface area contributed by atoms with Crippen LogP contribution in [0.4, 0.5) is 13.2 Å². The van der Waals surface area contributed by atoms with E-state index in [-0.39, 0.29) is 5.92 Å². The Morgan fingerprint density at radius 2 is 1.71 bits per heavy atom. The molecule has 0 radical (unpaired) electrons. The van der Waals surface area contributed by atoms with Gasteiger partial charge in [0, 0.05) is 0 Å². The van der Waals surface area contributed by atoms with Gasteiger partial charge in [-0.3, -0.25) is 0 Å². The van der Waals surface area contributed by atoms with Crippen LogP contribution in [-0.4, -0.2) is 0 Å². The Balaban J connectivity index is 0.000000791. The van der Waals surface area contributed by atoms with Gasteiger partial charge in [0.05, 0.1) is 0 Å². The van der Waals surface area contributed by atoms with Crippen molar-refractivity contribution in [3.05, 3.63) is 21.9 Å². The van der Waals surface area contributed by atoms with Crippen LogP contribution in [0.15, 0.2) is 11.4 Å². The number of halogens is 3. The molecule has 1 heterocycles. The molecule has 0 aliphatic heterocycles. The first kappa shape index (κ1) is 13.5. The summed E-state index contributed by atoms with van der Waals surface area (Å²) >= 11 is 0.760. The van der Waals surface area contributed by atoms with E-state index in [1.54, 1.807) is 5.38 Å². The maximum Gasteiger partial charge on any atom is 0.425 e. The lowest BCUT2D eigenvalue weighted by molar-refractivity contribution is -0.134. The van der Waals surface area contributed by atoms with Crippen molar-refractivity contribution in [3.8, 4) is 0 Å². The lowest BCUT2D eigenvalue weighted by atomic mass is 10.1. The molecule has 0 unspecified atom stereocenters. The molecule has 0 nitrogen and oxygen atoms in total. The second kappa shape index (κ2) is 5.39. The van der Waals surface area contributed by atoms with Gasteiger partial charge < -0.3 is 0 Å². The first-order valence-corrected chi connectivity index (χ1v) is 5.45. The Morgan fingerprint density at radius 1 is 1.21 bits per heavy atom. The van der Waals surface area contributed by atoms with Crippen LogP contribution in [0.1, 0.15) is 44.1 Å². The third-order valence-electron chi connectivity index (χ3n) is 1.57. The highest BCUT2D eigenvalue weighted by Crippen LogP contribution is 2.35. The summed E-state index contributed by atoms with van der Waals surface area (Å²) in [5.41, 5.74) is 0.757. The van der Waals surface area contributed by atoms with Crippen LogP contribution >= 0.6 is 11.3 Å². The molecule has 0 amide bonds. The minimum atomic E-state index is -4.18. The number of hydrogen-bond acceptors (Lipinski definition) is 1. The summed E-state index contributed by atoms with van der Waals surface area (Å²) in [6.07, 6.45) is -4.18. The van der Waals surface area contributed by atoms with E-state index in [0.717, 1.165) is 16.9 Å². The van der Waals surface area contributed by atoms with E-state index < -0.39 is 11.1 Å². The highest BCUT2D eigenvalue weighted by molar-refractivity contribution is 7.10. The van der Waals surface area contributed by atoms with E-state index in [0.29, 0.717) is 0 Å². The molecule has 0 saturated carbocycles. The van der Waals surface area contributed by atoms with Crippen LogP contribution in [0, 0.1) is 0 Å². The van der Waals surface area contributed by atoms with Gasteiger partial charge in [0.2, 0.25) is 0 Å². The summed E-state index contributed by atoms with van der Waals surface area (Å²) in [5, 5.41) is 1.56. The SMILES string of the molecule is CC.CC(C)c1csc(C(F)(F)F)c1. The average molecular weight is 224 g/mol. The van der Waals surface area contributed by atoms with Crippen LogP contribution in [0.2, 0.25) is 0 Å². The van der Waals surface area contributed by atoms with Gasteiger partial charge >= 0.3 is 6.18 Å². The first-order chi connectivity index (χ1) is 6.41. The molecule has 0 aliphatic rings. The molecule has 82 valence electrons. The van der Waals surface area contributed by atoms with Gasteiger partial charge in [-0.2, -0.15) is 13.2 Å². The standard InChI is InChI=1S/C8H9F3S.C2H6/c1-5(2)6-3-7(12-4-6)8(9,10)11;1-2/h3-5H,1-2H3;1-2H3. The molecule has 0 fully saturated rings. The quantitative estimate of drug-likeness (QED) is 0.635. The van der Waals surface area contributed by atoms with Crippen LogP contribution < -0.4 is 0 Å². The highest BCUT2D eigenvalue weighted by Gasteiger charge is 2.32. The van der Waals surface area contributed by atoms with Gasteiger partial charge in [-0.05, 0) is 22.9 Å². The smallest absolute Gasteiger partial charge is 0.165 e. The summed E-state index contributed by atoms with van der Waals surface area (Å²) in [6.45, 7) is 7.75. The summed E-state index contributed by atoms with van der Waals surface area (Å²) in [7, 11) is 0. The molecular formula is C10H15F3S. The van der Waals surface area contributed by atoms with Crippen molar-refractivity contribution in [2.24, 2.45) is 0 Å². The fraction of sp³-hybridized carbons (Fsp3) is 0.600. The van der Waals surface area contributed by atoms with Gasteiger partial charge in [0.1, 0.15) is 4.88 Å². The topological polar surface area (TPSA) is 0 Å². The van der Waals surface area contributed by atoms with Crippen molar-refractivity contribution in [3.63, 3.8) is 0 Å². The number of alkyl halides is 3. The molecule has 0 aromatic carbocycles. The predicted molar refractivity (Wildman–Crippen MR) is 54.8 cm³/mol. The zero-order valence-electron chi connectivity index (χ0n) is 8.77. The molecule has 0 N–H and O–H groups in total. The average Bonchev–Trinajstić information content (AvgIpc) is 2.54. The largest absolute Gasteiger partial charge is 0.425 e. The molecule has 0 aliphatic carbocycles. The monoisotopic (exact) mass is 224 g/mol. The number of hydrogen-bond donors (Lipinski definition) is 0. The van der Waals surface area contributed by atoms with Crippen molar-refractivity contribution in [2.45, 2.75) is 39.8 Å². The van der Waals surface area contributed by atoms with Crippen LogP contribution in [0.3, 0.4) is 0 Å². The van der Waals surface area contributed by atoms with Crippen molar-refractivity contribution in [1.82, 2.24) is 0 Å². The zero-order chi connectivity index (χ0) is 11.4. The summed E-state index contributed by atoms with van der Waals surface area (Å²) in [5.74, 6) is 0.164. The maximum absolute atomic E-state index is 12.1. The van der Waals surface area contributed by atoms with Gasteiger partial charge in [0.25, 0.3) is 0 Å². The fourth-order valence-corrected chi connectivity index (χ4v) is 1.74. The van der Waals surface area contributed by atoms with E-state index in [2.05, 4.69) is 0 Å². The molecule has 1 aromatic heterocycles. The maximum atomic E-state index is 12.1. The summed E-state index contributed by atoms with van der Waals surface area (Å²) in [4.78, 5) is -0.508. The highest BCUT2D eigenvalue weighted by atomic mass is 32.1. The van der Waals surface area contributed by atoms with Crippen LogP contribution in [0.5, 0.6) is 0 Å². The number of thiophene rings is 1. The lowest BCUT2D eigenvalue weighted by Crippen LogP contribution is -2.00. The van der Waals surface area contributed by atoms with Crippen molar-refractivity contribution >= 4 is 11.3 Å². The number of rotatable bonds is 1. The van der Waals surface area contributed by atoms with Crippen LogP contribution in [0.25, 0.3) is 0 Å². The predicted octanol–water partition coefficient (Wildman–Crippen LogP) is 4.92. The Labute approximate surface area is 86.8 Å².